The van der Waals surface area contributed by atoms with Gasteiger partial charge in [0.15, 0.2) is 0 Å². The van der Waals surface area contributed by atoms with E-state index in [-0.39, 0.29) is 17.8 Å². The molecule has 1 unspecified atom stereocenters. The van der Waals surface area contributed by atoms with Gasteiger partial charge in [0.2, 0.25) is 0 Å². The Balaban J connectivity index is 1.79. The fourth-order valence-corrected chi connectivity index (χ4v) is 4.21. The van der Waals surface area contributed by atoms with Crippen molar-refractivity contribution in [2.75, 3.05) is 20.6 Å². The van der Waals surface area contributed by atoms with E-state index in [1.807, 2.05) is 50.0 Å². The zero-order chi connectivity index (χ0) is 19.6. The minimum Gasteiger partial charge on any atom is -0.350 e. The lowest BCUT2D eigenvalue weighted by Crippen LogP contribution is -2.34. The van der Waals surface area contributed by atoms with Crippen molar-refractivity contribution in [1.29, 1.82) is 0 Å². The number of aromatic nitrogens is 1. The van der Waals surface area contributed by atoms with E-state index in [0.29, 0.717) is 12.1 Å². The van der Waals surface area contributed by atoms with Crippen LogP contribution in [0.5, 0.6) is 0 Å². The zero-order valence-corrected chi connectivity index (χ0v) is 16.8. The van der Waals surface area contributed by atoms with Crippen molar-refractivity contribution in [2.24, 2.45) is 0 Å². The van der Waals surface area contributed by atoms with Crippen molar-refractivity contribution < 1.29 is 9.18 Å². The average Bonchev–Trinajstić information content (AvgIpc) is 3.24. The predicted molar refractivity (Wildman–Crippen MR) is 108 cm³/mol. The quantitative estimate of drug-likeness (QED) is 0.686. The van der Waals surface area contributed by atoms with Gasteiger partial charge in [-0.1, -0.05) is 6.07 Å². The number of likely N-dealkylation sites (N-methyl/N-ethyl adjacent to an activating group) is 1. The van der Waals surface area contributed by atoms with Gasteiger partial charge in [-0.3, -0.25) is 4.79 Å². The number of amides is 1. The van der Waals surface area contributed by atoms with Gasteiger partial charge in [-0.15, -0.1) is 11.3 Å². The third-order valence-corrected chi connectivity index (χ3v) is 5.69. The second-order valence-corrected chi connectivity index (χ2v) is 7.78. The average molecular weight is 386 g/mol. The molecule has 0 spiro atoms. The first kappa shape index (κ1) is 19.3. The molecule has 1 aromatic carbocycles. The number of carbonyl (C=O) groups excluding carboxylic acids is 1. The molecule has 1 amide bonds. The summed E-state index contributed by atoms with van der Waals surface area (Å²) in [5.41, 5.74) is 3.26. The van der Waals surface area contributed by atoms with Crippen LogP contribution in [-0.2, 0) is 0 Å². The van der Waals surface area contributed by atoms with Gasteiger partial charge < -0.3 is 14.8 Å². The largest absolute Gasteiger partial charge is 0.350 e. The summed E-state index contributed by atoms with van der Waals surface area (Å²) in [6, 6.07) is 12.4. The Labute approximate surface area is 163 Å². The summed E-state index contributed by atoms with van der Waals surface area (Å²) in [7, 11) is 4.02. The van der Waals surface area contributed by atoms with Gasteiger partial charge in [-0.2, -0.15) is 0 Å². The number of hydrogen-bond acceptors (Lipinski definition) is 3. The fraction of sp³-hybridized carbons (Fsp3) is 0.286. The Morgan fingerprint density at radius 3 is 2.52 bits per heavy atom. The minimum atomic E-state index is -0.275. The number of halogens is 1. The number of aryl methyl sites for hydroxylation is 1. The number of thiophene rings is 1. The molecule has 2 heterocycles. The van der Waals surface area contributed by atoms with Crippen LogP contribution in [0.15, 0.2) is 47.8 Å². The molecule has 142 valence electrons. The van der Waals surface area contributed by atoms with E-state index < -0.39 is 0 Å². The molecule has 0 bridgehead atoms. The van der Waals surface area contributed by atoms with Gasteiger partial charge in [-0.05, 0) is 69.7 Å². The highest BCUT2D eigenvalue weighted by molar-refractivity contribution is 7.10. The maximum Gasteiger partial charge on any atom is 0.253 e. The molecular formula is C21H24FN3OS. The maximum absolute atomic E-state index is 13.2. The van der Waals surface area contributed by atoms with Crippen LogP contribution in [0.4, 0.5) is 4.39 Å². The lowest BCUT2D eigenvalue weighted by Gasteiger charge is -2.23. The summed E-state index contributed by atoms with van der Waals surface area (Å²) in [4.78, 5) is 16.1. The van der Waals surface area contributed by atoms with Crippen molar-refractivity contribution in [2.45, 2.75) is 19.9 Å². The van der Waals surface area contributed by atoms with Gasteiger partial charge in [0, 0.05) is 28.5 Å². The van der Waals surface area contributed by atoms with Gasteiger partial charge >= 0.3 is 0 Å². The van der Waals surface area contributed by atoms with Crippen LogP contribution in [0.25, 0.3) is 5.69 Å². The molecule has 0 fully saturated rings. The van der Waals surface area contributed by atoms with Crippen molar-refractivity contribution in [3.63, 3.8) is 0 Å². The molecule has 6 heteroatoms. The van der Waals surface area contributed by atoms with E-state index in [4.69, 9.17) is 0 Å². The highest BCUT2D eigenvalue weighted by atomic mass is 32.1. The predicted octanol–water partition coefficient (Wildman–Crippen LogP) is 4.33. The molecule has 27 heavy (non-hydrogen) atoms. The SMILES string of the molecule is Cc1cc(C(=O)NCC(c2cccs2)N(C)C)c(C)n1-c1ccc(F)cc1. The highest BCUT2D eigenvalue weighted by Crippen LogP contribution is 2.24. The summed E-state index contributed by atoms with van der Waals surface area (Å²) >= 11 is 1.69. The Hall–Kier alpha value is -2.44. The molecule has 1 atom stereocenters. The third-order valence-electron chi connectivity index (χ3n) is 4.71. The molecule has 0 aliphatic rings. The summed E-state index contributed by atoms with van der Waals surface area (Å²) in [5.74, 6) is -0.373. The summed E-state index contributed by atoms with van der Waals surface area (Å²) in [6.45, 7) is 4.39. The normalized spacial score (nSPS) is 12.4. The van der Waals surface area contributed by atoms with Crippen LogP contribution in [0.3, 0.4) is 0 Å². The molecule has 0 aliphatic carbocycles. The Morgan fingerprint density at radius 1 is 1.22 bits per heavy atom. The van der Waals surface area contributed by atoms with Crippen molar-refractivity contribution in [3.8, 4) is 5.69 Å². The van der Waals surface area contributed by atoms with E-state index >= 15 is 0 Å². The van der Waals surface area contributed by atoms with Crippen LogP contribution >= 0.6 is 11.3 Å². The van der Waals surface area contributed by atoms with E-state index in [9.17, 15) is 9.18 Å². The Bertz CT molecular complexity index is 914. The Kier molecular flexibility index (Phi) is 5.77. The smallest absolute Gasteiger partial charge is 0.253 e. The molecule has 4 nitrogen and oxygen atoms in total. The summed E-state index contributed by atoms with van der Waals surface area (Å²) in [5, 5.41) is 5.11. The Morgan fingerprint density at radius 2 is 1.93 bits per heavy atom. The second-order valence-electron chi connectivity index (χ2n) is 6.80. The third kappa shape index (κ3) is 4.12. The number of nitrogens with zero attached hydrogens (tertiary/aromatic N) is 2. The summed E-state index contributed by atoms with van der Waals surface area (Å²) < 4.78 is 15.2. The van der Waals surface area contributed by atoms with Gasteiger partial charge in [0.25, 0.3) is 5.91 Å². The first-order valence-electron chi connectivity index (χ1n) is 8.81. The zero-order valence-electron chi connectivity index (χ0n) is 16.0. The maximum atomic E-state index is 13.2. The fourth-order valence-electron chi connectivity index (χ4n) is 3.28. The number of hydrogen-bond donors (Lipinski definition) is 1. The standard InChI is InChI=1S/C21H24FN3OS/c1-14-12-18(15(2)25(14)17-9-7-16(22)8-10-17)21(26)23-13-19(24(3)4)20-6-5-11-27-20/h5-12,19H,13H2,1-4H3,(H,23,26). The molecule has 2 aromatic heterocycles. The lowest BCUT2D eigenvalue weighted by molar-refractivity contribution is 0.0941. The molecule has 1 N–H and O–H groups in total. The lowest BCUT2D eigenvalue weighted by atomic mass is 10.2. The molecule has 3 aromatic rings. The molecule has 3 rings (SSSR count). The molecular weight excluding hydrogens is 361 g/mol. The molecule has 0 aliphatic heterocycles. The van der Waals surface area contributed by atoms with Crippen molar-refractivity contribution >= 4 is 17.2 Å². The van der Waals surface area contributed by atoms with Crippen LogP contribution in [-0.4, -0.2) is 36.0 Å². The van der Waals surface area contributed by atoms with Gasteiger partial charge in [-0.25, -0.2) is 4.39 Å². The molecule has 0 radical (unpaired) electrons. The highest BCUT2D eigenvalue weighted by Gasteiger charge is 2.20. The van der Waals surface area contributed by atoms with E-state index in [1.54, 1.807) is 23.5 Å². The topological polar surface area (TPSA) is 37.3 Å². The second kappa shape index (κ2) is 8.06. The summed E-state index contributed by atoms with van der Waals surface area (Å²) in [6.07, 6.45) is 0. The number of carbonyl (C=O) groups is 1. The number of nitrogens with one attached hydrogen (secondary N) is 1. The van der Waals surface area contributed by atoms with E-state index in [0.717, 1.165) is 17.1 Å². The van der Waals surface area contributed by atoms with Crippen LogP contribution in [0.2, 0.25) is 0 Å². The van der Waals surface area contributed by atoms with Gasteiger partial charge in [0.1, 0.15) is 5.82 Å². The van der Waals surface area contributed by atoms with Crippen LogP contribution in [0.1, 0.15) is 32.7 Å². The number of rotatable bonds is 6. The molecule has 0 saturated heterocycles. The monoisotopic (exact) mass is 385 g/mol. The van der Waals surface area contributed by atoms with E-state index in [2.05, 4.69) is 16.3 Å². The first-order chi connectivity index (χ1) is 12.9. The van der Waals surface area contributed by atoms with E-state index in [1.165, 1.54) is 17.0 Å². The van der Waals surface area contributed by atoms with Crippen molar-refractivity contribution in [1.82, 2.24) is 14.8 Å². The first-order valence-corrected chi connectivity index (χ1v) is 9.69. The van der Waals surface area contributed by atoms with Crippen LogP contribution in [0, 0.1) is 19.7 Å². The minimum absolute atomic E-state index is 0.0973. The molecule has 0 saturated carbocycles. The number of benzene rings is 1. The van der Waals surface area contributed by atoms with Crippen molar-refractivity contribution in [3.05, 3.63) is 75.5 Å². The van der Waals surface area contributed by atoms with Crippen LogP contribution < -0.4 is 5.32 Å². The van der Waals surface area contributed by atoms with Gasteiger partial charge in [0.05, 0.1) is 11.6 Å².